The van der Waals surface area contributed by atoms with E-state index in [0.29, 0.717) is 15.6 Å². The number of nitrogens with one attached hydrogen (secondary N) is 1. The average molecular weight is 393 g/mol. The molecule has 1 aliphatic rings. The Balaban J connectivity index is 1.82. The van der Waals surface area contributed by atoms with Gasteiger partial charge in [-0.05, 0) is 36.2 Å². The molecule has 138 valence electrons. The molecule has 1 amide bonds. The number of nitrogens with zero attached hydrogens (tertiary/aromatic N) is 1. The Morgan fingerprint density at radius 3 is 2.69 bits per heavy atom. The number of halogens is 1. The monoisotopic (exact) mass is 392 g/mol. The van der Waals surface area contributed by atoms with Gasteiger partial charge in [0, 0.05) is 23.0 Å². The number of anilines is 1. The third kappa shape index (κ3) is 4.09. The Bertz CT molecular complexity index is 817. The number of ether oxygens (including phenoxy) is 1. The maximum absolute atomic E-state index is 12.5. The molecular weight excluding hydrogens is 372 g/mol. The topological polar surface area (TPSA) is 58.6 Å². The van der Waals surface area contributed by atoms with E-state index in [1.807, 2.05) is 12.1 Å². The Morgan fingerprint density at radius 1 is 1.31 bits per heavy atom. The lowest BCUT2D eigenvalue weighted by Crippen LogP contribution is -2.30. The fourth-order valence-corrected chi connectivity index (χ4v) is 4.51. The standard InChI is InChI=1S/C19H21ClN2O3S/c1-3-22-9-8-14-15(11-22)26-18(17(14)19(24)25-2)21-16(23)10-12-4-6-13(20)7-5-12/h4-7H,3,8-11H2,1-2H3,(H,21,23). The molecule has 1 aliphatic heterocycles. The fourth-order valence-electron chi connectivity index (χ4n) is 3.09. The number of methoxy groups -OCH3 is 1. The summed E-state index contributed by atoms with van der Waals surface area (Å²) in [7, 11) is 1.37. The molecule has 0 bridgehead atoms. The van der Waals surface area contributed by atoms with Gasteiger partial charge in [-0.25, -0.2) is 4.79 Å². The van der Waals surface area contributed by atoms with Crippen molar-refractivity contribution in [1.82, 2.24) is 4.90 Å². The number of carbonyl (C=O) groups excluding carboxylic acids is 2. The second kappa shape index (κ2) is 8.20. The molecule has 0 radical (unpaired) electrons. The molecular formula is C19H21ClN2O3S. The van der Waals surface area contributed by atoms with Crippen molar-refractivity contribution >= 4 is 39.8 Å². The molecule has 0 aliphatic carbocycles. The van der Waals surface area contributed by atoms with Crippen LogP contribution >= 0.6 is 22.9 Å². The molecule has 0 atom stereocenters. The van der Waals surface area contributed by atoms with E-state index in [9.17, 15) is 9.59 Å². The molecule has 26 heavy (non-hydrogen) atoms. The van der Waals surface area contributed by atoms with Crippen LogP contribution in [-0.4, -0.2) is 37.0 Å². The van der Waals surface area contributed by atoms with Crippen LogP contribution in [0.2, 0.25) is 5.02 Å². The summed E-state index contributed by atoms with van der Waals surface area (Å²) in [6.45, 7) is 4.79. The quantitative estimate of drug-likeness (QED) is 0.787. The van der Waals surface area contributed by atoms with E-state index in [1.54, 1.807) is 12.1 Å². The maximum Gasteiger partial charge on any atom is 0.341 e. The molecule has 1 aromatic heterocycles. The second-order valence-electron chi connectivity index (χ2n) is 6.17. The highest BCUT2D eigenvalue weighted by molar-refractivity contribution is 7.17. The largest absolute Gasteiger partial charge is 0.465 e. The number of rotatable bonds is 5. The van der Waals surface area contributed by atoms with Crippen molar-refractivity contribution in [3.63, 3.8) is 0 Å². The lowest BCUT2D eigenvalue weighted by Gasteiger charge is -2.25. The number of likely N-dealkylation sites (N-methyl/N-ethyl adjacent to an activating group) is 1. The summed E-state index contributed by atoms with van der Waals surface area (Å²) in [4.78, 5) is 28.2. The Morgan fingerprint density at radius 2 is 2.04 bits per heavy atom. The van der Waals surface area contributed by atoms with Crippen LogP contribution in [0, 0.1) is 0 Å². The molecule has 0 saturated carbocycles. The zero-order valence-corrected chi connectivity index (χ0v) is 16.4. The summed E-state index contributed by atoms with van der Waals surface area (Å²) < 4.78 is 4.96. The molecule has 2 aromatic rings. The van der Waals surface area contributed by atoms with Gasteiger partial charge in [-0.15, -0.1) is 11.3 Å². The van der Waals surface area contributed by atoms with Crippen LogP contribution in [-0.2, 0) is 28.9 Å². The van der Waals surface area contributed by atoms with Crippen LogP contribution in [0.25, 0.3) is 0 Å². The Hall–Kier alpha value is -1.89. The van der Waals surface area contributed by atoms with Gasteiger partial charge < -0.3 is 10.1 Å². The number of amides is 1. The van der Waals surface area contributed by atoms with E-state index in [2.05, 4.69) is 17.1 Å². The van der Waals surface area contributed by atoms with Crippen molar-refractivity contribution in [3.8, 4) is 0 Å². The zero-order chi connectivity index (χ0) is 18.7. The minimum absolute atomic E-state index is 0.163. The maximum atomic E-state index is 12.5. The molecule has 2 heterocycles. The normalized spacial score (nSPS) is 14.0. The van der Waals surface area contributed by atoms with Crippen LogP contribution in [0.3, 0.4) is 0 Å². The first-order valence-corrected chi connectivity index (χ1v) is 9.70. The molecule has 5 nitrogen and oxygen atoms in total. The first kappa shape index (κ1) is 18.9. The third-order valence-electron chi connectivity index (χ3n) is 4.50. The van der Waals surface area contributed by atoms with Gasteiger partial charge in [-0.2, -0.15) is 0 Å². The van der Waals surface area contributed by atoms with Crippen LogP contribution in [0.5, 0.6) is 0 Å². The Kier molecular flexibility index (Phi) is 5.96. The molecule has 1 N–H and O–H groups in total. The highest BCUT2D eigenvalue weighted by Crippen LogP contribution is 2.37. The van der Waals surface area contributed by atoms with E-state index in [0.717, 1.165) is 42.1 Å². The van der Waals surface area contributed by atoms with Gasteiger partial charge in [-0.1, -0.05) is 30.7 Å². The van der Waals surface area contributed by atoms with E-state index < -0.39 is 5.97 Å². The summed E-state index contributed by atoms with van der Waals surface area (Å²) in [6.07, 6.45) is 1.01. The SMILES string of the molecule is CCN1CCc2c(sc(NC(=O)Cc3ccc(Cl)cc3)c2C(=O)OC)C1. The third-order valence-corrected chi connectivity index (χ3v) is 5.89. The molecule has 0 saturated heterocycles. The average Bonchev–Trinajstić information content (AvgIpc) is 2.99. The zero-order valence-electron chi connectivity index (χ0n) is 14.8. The molecule has 0 unspecified atom stereocenters. The number of fused-ring (bicyclic) bond motifs is 1. The van der Waals surface area contributed by atoms with Crippen molar-refractivity contribution in [3.05, 3.63) is 50.9 Å². The summed E-state index contributed by atoms with van der Waals surface area (Å²) in [5.41, 5.74) is 2.38. The van der Waals surface area contributed by atoms with Crippen molar-refractivity contribution < 1.29 is 14.3 Å². The number of benzene rings is 1. The first-order chi connectivity index (χ1) is 12.5. The van der Waals surface area contributed by atoms with Crippen molar-refractivity contribution in [2.45, 2.75) is 26.3 Å². The van der Waals surface area contributed by atoms with Gasteiger partial charge in [0.15, 0.2) is 0 Å². The molecule has 0 fully saturated rings. The molecule has 0 spiro atoms. The van der Waals surface area contributed by atoms with Gasteiger partial charge in [-0.3, -0.25) is 9.69 Å². The van der Waals surface area contributed by atoms with Gasteiger partial charge >= 0.3 is 5.97 Å². The van der Waals surface area contributed by atoms with Crippen molar-refractivity contribution in [2.75, 3.05) is 25.5 Å². The smallest absolute Gasteiger partial charge is 0.341 e. The lowest BCUT2D eigenvalue weighted by molar-refractivity contribution is -0.115. The van der Waals surface area contributed by atoms with E-state index >= 15 is 0 Å². The minimum Gasteiger partial charge on any atom is -0.465 e. The number of carbonyl (C=O) groups is 2. The van der Waals surface area contributed by atoms with E-state index in [1.165, 1.54) is 18.4 Å². The van der Waals surface area contributed by atoms with Gasteiger partial charge in [0.2, 0.25) is 5.91 Å². The van der Waals surface area contributed by atoms with Gasteiger partial charge in [0.05, 0.1) is 19.1 Å². The van der Waals surface area contributed by atoms with Gasteiger partial charge in [0.1, 0.15) is 5.00 Å². The lowest BCUT2D eigenvalue weighted by atomic mass is 10.0. The highest BCUT2D eigenvalue weighted by atomic mass is 35.5. The summed E-state index contributed by atoms with van der Waals surface area (Å²) in [5.74, 6) is -0.558. The minimum atomic E-state index is -0.394. The van der Waals surface area contributed by atoms with Crippen LogP contribution < -0.4 is 5.32 Å². The predicted octanol–water partition coefficient (Wildman–Crippen LogP) is 3.75. The molecule has 3 rings (SSSR count). The summed E-state index contributed by atoms with van der Waals surface area (Å²) >= 11 is 7.35. The molecule has 7 heteroatoms. The number of esters is 1. The van der Waals surface area contributed by atoms with Crippen LogP contribution in [0.15, 0.2) is 24.3 Å². The Labute approximate surface area is 161 Å². The number of hydrogen-bond donors (Lipinski definition) is 1. The highest BCUT2D eigenvalue weighted by Gasteiger charge is 2.28. The fraction of sp³-hybridized carbons (Fsp3) is 0.368. The van der Waals surface area contributed by atoms with Crippen molar-refractivity contribution in [2.24, 2.45) is 0 Å². The summed E-state index contributed by atoms with van der Waals surface area (Å²) in [5, 5.41) is 4.12. The predicted molar refractivity (Wildman–Crippen MR) is 104 cm³/mol. The number of thiophene rings is 1. The van der Waals surface area contributed by atoms with Crippen molar-refractivity contribution in [1.29, 1.82) is 0 Å². The second-order valence-corrected chi connectivity index (χ2v) is 7.71. The van der Waals surface area contributed by atoms with E-state index in [-0.39, 0.29) is 12.3 Å². The first-order valence-electron chi connectivity index (χ1n) is 8.51. The van der Waals surface area contributed by atoms with Crippen LogP contribution in [0.4, 0.5) is 5.00 Å². The van der Waals surface area contributed by atoms with Crippen LogP contribution in [0.1, 0.15) is 33.3 Å². The van der Waals surface area contributed by atoms with Gasteiger partial charge in [0.25, 0.3) is 0 Å². The van der Waals surface area contributed by atoms with E-state index in [4.69, 9.17) is 16.3 Å². The number of hydrogen-bond acceptors (Lipinski definition) is 5. The summed E-state index contributed by atoms with van der Waals surface area (Å²) in [6, 6.07) is 7.16. The molecule has 1 aromatic carbocycles.